The molecule has 0 aliphatic heterocycles. The summed E-state index contributed by atoms with van der Waals surface area (Å²) in [6, 6.07) is 8.91. The van der Waals surface area contributed by atoms with E-state index in [1.165, 1.54) is 7.11 Å². The van der Waals surface area contributed by atoms with E-state index in [1.807, 2.05) is 32.0 Å². The first-order chi connectivity index (χ1) is 11.5. The van der Waals surface area contributed by atoms with Crippen molar-refractivity contribution in [1.82, 2.24) is 0 Å². The Balaban J connectivity index is 2.08. The zero-order valence-corrected chi connectivity index (χ0v) is 15.3. The maximum absolute atomic E-state index is 12.1. The van der Waals surface area contributed by atoms with E-state index >= 15 is 0 Å². The van der Waals surface area contributed by atoms with Gasteiger partial charge in [-0.3, -0.25) is 9.59 Å². The van der Waals surface area contributed by atoms with E-state index in [-0.39, 0.29) is 12.5 Å². The van der Waals surface area contributed by atoms with E-state index in [1.54, 1.807) is 12.1 Å². The molecule has 0 aliphatic carbocycles. The summed E-state index contributed by atoms with van der Waals surface area (Å²) >= 11 is 3.30. The Morgan fingerprint density at radius 2 is 1.96 bits per heavy atom. The van der Waals surface area contributed by atoms with Gasteiger partial charge in [-0.15, -0.1) is 0 Å². The number of carbonyl (C=O) groups is 2. The molecule has 0 saturated carbocycles. The van der Waals surface area contributed by atoms with E-state index in [0.717, 1.165) is 11.1 Å². The number of anilines is 1. The highest BCUT2D eigenvalue weighted by Crippen LogP contribution is 2.37. The number of aldehydes is 1. The third kappa shape index (κ3) is 4.14. The second kappa shape index (κ2) is 7.97. The molecule has 0 aromatic heterocycles. The minimum atomic E-state index is -0.302. The zero-order chi connectivity index (χ0) is 17.7. The fraction of sp³-hybridized carbons (Fsp3) is 0.222. The molecule has 0 heterocycles. The van der Waals surface area contributed by atoms with Gasteiger partial charge < -0.3 is 14.8 Å². The predicted octanol–water partition coefficient (Wildman–Crippen LogP) is 3.90. The Hall–Kier alpha value is -2.34. The number of halogens is 1. The van der Waals surface area contributed by atoms with Crippen molar-refractivity contribution in [2.24, 2.45) is 0 Å². The largest absolute Gasteiger partial charge is 0.493 e. The van der Waals surface area contributed by atoms with Gasteiger partial charge in [0.15, 0.2) is 24.4 Å². The van der Waals surface area contributed by atoms with Gasteiger partial charge in [0.05, 0.1) is 11.6 Å². The number of aryl methyl sites for hydroxylation is 2. The van der Waals surface area contributed by atoms with Crippen molar-refractivity contribution >= 4 is 33.8 Å². The van der Waals surface area contributed by atoms with Crippen molar-refractivity contribution in [3.05, 3.63) is 51.5 Å². The first kappa shape index (κ1) is 18.0. The van der Waals surface area contributed by atoms with Gasteiger partial charge in [0, 0.05) is 11.3 Å². The van der Waals surface area contributed by atoms with E-state index in [0.29, 0.717) is 33.5 Å². The average Bonchev–Trinajstić information content (AvgIpc) is 2.56. The van der Waals surface area contributed by atoms with Crippen molar-refractivity contribution < 1.29 is 19.1 Å². The molecule has 0 spiro atoms. The number of amides is 1. The number of benzene rings is 2. The highest BCUT2D eigenvalue weighted by atomic mass is 79.9. The lowest BCUT2D eigenvalue weighted by molar-refractivity contribution is -0.118. The SMILES string of the molecule is COc1ccc(C=O)c(Br)c1OCC(=O)Nc1ccc(C)c(C)c1. The Morgan fingerprint density at radius 1 is 1.21 bits per heavy atom. The fourth-order valence-corrected chi connectivity index (χ4v) is 2.63. The van der Waals surface area contributed by atoms with Crippen LogP contribution in [0.3, 0.4) is 0 Å². The maximum atomic E-state index is 12.1. The second-order valence-electron chi connectivity index (χ2n) is 5.25. The number of nitrogens with one attached hydrogen (secondary N) is 1. The molecule has 1 N–H and O–H groups in total. The Bertz CT molecular complexity index is 774. The summed E-state index contributed by atoms with van der Waals surface area (Å²) in [6.07, 6.45) is 0.700. The Labute approximate surface area is 149 Å². The first-order valence-electron chi connectivity index (χ1n) is 7.27. The summed E-state index contributed by atoms with van der Waals surface area (Å²) in [5.74, 6) is 0.451. The van der Waals surface area contributed by atoms with Gasteiger partial charge in [0.25, 0.3) is 5.91 Å². The van der Waals surface area contributed by atoms with Crippen LogP contribution in [0.5, 0.6) is 11.5 Å². The topological polar surface area (TPSA) is 64.6 Å². The molecule has 6 heteroatoms. The molecule has 0 fully saturated rings. The van der Waals surface area contributed by atoms with Crippen molar-refractivity contribution in [3.8, 4) is 11.5 Å². The summed E-state index contributed by atoms with van der Waals surface area (Å²) < 4.78 is 11.2. The van der Waals surface area contributed by atoms with Crippen LogP contribution in [-0.2, 0) is 4.79 Å². The quantitative estimate of drug-likeness (QED) is 0.758. The lowest BCUT2D eigenvalue weighted by Crippen LogP contribution is -2.20. The Kier molecular flexibility index (Phi) is 5.98. The van der Waals surface area contributed by atoms with Crippen molar-refractivity contribution in [3.63, 3.8) is 0 Å². The van der Waals surface area contributed by atoms with Gasteiger partial charge in [-0.2, -0.15) is 0 Å². The molecule has 0 saturated heterocycles. The van der Waals surface area contributed by atoms with E-state index < -0.39 is 0 Å². The molecule has 0 unspecified atom stereocenters. The van der Waals surface area contributed by atoms with Crippen LogP contribution in [0.2, 0.25) is 0 Å². The summed E-state index contributed by atoms with van der Waals surface area (Å²) in [5.41, 5.74) is 3.38. The molecule has 5 nitrogen and oxygen atoms in total. The van der Waals surface area contributed by atoms with Crippen LogP contribution in [0.15, 0.2) is 34.8 Å². The molecule has 126 valence electrons. The van der Waals surface area contributed by atoms with E-state index in [2.05, 4.69) is 21.2 Å². The van der Waals surface area contributed by atoms with Crippen molar-refractivity contribution in [2.45, 2.75) is 13.8 Å². The van der Waals surface area contributed by atoms with Crippen LogP contribution in [-0.4, -0.2) is 25.9 Å². The molecule has 0 radical (unpaired) electrons. The van der Waals surface area contributed by atoms with Gasteiger partial charge in [-0.05, 0) is 65.2 Å². The number of methoxy groups -OCH3 is 1. The molecule has 0 bridgehead atoms. The number of rotatable bonds is 6. The number of ether oxygens (including phenoxy) is 2. The minimum Gasteiger partial charge on any atom is -0.493 e. The zero-order valence-electron chi connectivity index (χ0n) is 13.7. The predicted molar refractivity (Wildman–Crippen MR) is 96.1 cm³/mol. The smallest absolute Gasteiger partial charge is 0.262 e. The summed E-state index contributed by atoms with van der Waals surface area (Å²) in [7, 11) is 1.49. The third-order valence-electron chi connectivity index (χ3n) is 3.58. The monoisotopic (exact) mass is 391 g/mol. The number of carbonyl (C=O) groups excluding carboxylic acids is 2. The highest BCUT2D eigenvalue weighted by molar-refractivity contribution is 9.10. The van der Waals surface area contributed by atoms with Gasteiger partial charge in [0.2, 0.25) is 0 Å². The summed E-state index contributed by atoms with van der Waals surface area (Å²) in [5, 5.41) is 2.78. The number of hydrogen-bond acceptors (Lipinski definition) is 4. The van der Waals surface area contributed by atoms with Crippen LogP contribution in [0.25, 0.3) is 0 Å². The van der Waals surface area contributed by atoms with Crippen LogP contribution >= 0.6 is 15.9 Å². The lowest BCUT2D eigenvalue weighted by Gasteiger charge is -2.14. The molecular formula is C18H18BrNO4. The normalized spacial score (nSPS) is 10.2. The summed E-state index contributed by atoms with van der Waals surface area (Å²) in [6.45, 7) is 3.78. The standard InChI is InChI=1S/C18H18BrNO4/c1-11-4-6-14(8-12(11)2)20-16(22)10-24-18-15(23-3)7-5-13(9-21)17(18)19/h4-9H,10H2,1-3H3,(H,20,22). The molecule has 2 aromatic carbocycles. The number of hydrogen-bond donors (Lipinski definition) is 1. The molecule has 0 atom stereocenters. The van der Waals surface area contributed by atoms with Gasteiger partial charge in [0.1, 0.15) is 0 Å². The molecule has 0 aliphatic rings. The molecule has 24 heavy (non-hydrogen) atoms. The molecule has 2 rings (SSSR count). The van der Waals surface area contributed by atoms with Crippen LogP contribution in [0.1, 0.15) is 21.5 Å². The second-order valence-corrected chi connectivity index (χ2v) is 6.05. The molecule has 2 aromatic rings. The van der Waals surface area contributed by atoms with Crippen LogP contribution in [0, 0.1) is 13.8 Å². The van der Waals surface area contributed by atoms with Crippen LogP contribution in [0.4, 0.5) is 5.69 Å². The van der Waals surface area contributed by atoms with E-state index in [9.17, 15) is 9.59 Å². The first-order valence-corrected chi connectivity index (χ1v) is 8.07. The van der Waals surface area contributed by atoms with Gasteiger partial charge in [-0.25, -0.2) is 0 Å². The molecule has 1 amide bonds. The molecular weight excluding hydrogens is 374 g/mol. The van der Waals surface area contributed by atoms with Crippen molar-refractivity contribution in [1.29, 1.82) is 0 Å². The highest BCUT2D eigenvalue weighted by Gasteiger charge is 2.15. The third-order valence-corrected chi connectivity index (χ3v) is 4.39. The van der Waals surface area contributed by atoms with Gasteiger partial charge >= 0.3 is 0 Å². The van der Waals surface area contributed by atoms with Crippen LogP contribution < -0.4 is 14.8 Å². The Morgan fingerprint density at radius 3 is 2.58 bits per heavy atom. The van der Waals surface area contributed by atoms with Crippen molar-refractivity contribution in [2.75, 3.05) is 19.0 Å². The maximum Gasteiger partial charge on any atom is 0.262 e. The fourth-order valence-electron chi connectivity index (χ4n) is 2.09. The van der Waals surface area contributed by atoms with Gasteiger partial charge in [-0.1, -0.05) is 6.07 Å². The minimum absolute atomic E-state index is 0.204. The van der Waals surface area contributed by atoms with E-state index in [4.69, 9.17) is 9.47 Å². The average molecular weight is 392 g/mol. The lowest BCUT2D eigenvalue weighted by atomic mass is 10.1. The summed E-state index contributed by atoms with van der Waals surface area (Å²) in [4.78, 5) is 23.1.